The lowest BCUT2D eigenvalue weighted by atomic mass is 10.3. The van der Waals surface area contributed by atoms with Crippen LogP contribution >= 0.6 is 23.1 Å². The second-order valence-corrected chi connectivity index (χ2v) is 6.96. The summed E-state index contributed by atoms with van der Waals surface area (Å²) in [6.45, 7) is 2.19. The van der Waals surface area contributed by atoms with Crippen molar-refractivity contribution in [2.75, 3.05) is 18.9 Å². The van der Waals surface area contributed by atoms with Crippen molar-refractivity contribution in [3.05, 3.63) is 52.2 Å². The fourth-order valence-electron chi connectivity index (χ4n) is 1.84. The van der Waals surface area contributed by atoms with Gasteiger partial charge in [-0.05, 0) is 48.2 Å². The van der Waals surface area contributed by atoms with Crippen molar-refractivity contribution in [3.8, 4) is 0 Å². The minimum Gasteiger partial charge on any atom is -0.451 e. The Bertz CT molecular complexity index is 640. The molecule has 0 saturated carbocycles. The van der Waals surface area contributed by atoms with E-state index < -0.39 is 5.97 Å². The maximum Gasteiger partial charge on any atom is 0.349 e. The Morgan fingerprint density at radius 3 is 2.70 bits per heavy atom. The predicted molar refractivity (Wildman–Crippen MR) is 94.1 cm³/mol. The summed E-state index contributed by atoms with van der Waals surface area (Å²) >= 11 is 3.08. The zero-order valence-corrected chi connectivity index (χ0v) is 14.5. The van der Waals surface area contributed by atoms with Gasteiger partial charge in [0.1, 0.15) is 4.88 Å². The predicted octanol–water partition coefficient (Wildman–Crippen LogP) is 3.51. The molecular weight excluding hydrogens is 330 g/mol. The number of aryl methyl sites for hydroxylation is 1. The topological polar surface area (TPSA) is 55.4 Å². The first-order valence-corrected chi connectivity index (χ1v) is 9.19. The second kappa shape index (κ2) is 9.37. The highest BCUT2D eigenvalue weighted by atomic mass is 32.2. The lowest BCUT2D eigenvalue weighted by Gasteiger charge is -2.06. The van der Waals surface area contributed by atoms with Gasteiger partial charge in [-0.1, -0.05) is 18.2 Å². The molecule has 0 aliphatic carbocycles. The highest BCUT2D eigenvalue weighted by molar-refractivity contribution is 7.99. The summed E-state index contributed by atoms with van der Waals surface area (Å²) in [5.74, 6) is 0.225. The van der Waals surface area contributed by atoms with Gasteiger partial charge in [0, 0.05) is 11.4 Å². The number of esters is 1. The van der Waals surface area contributed by atoms with E-state index in [0.717, 1.165) is 17.7 Å². The fraction of sp³-hybridized carbons (Fsp3) is 0.294. The zero-order valence-electron chi connectivity index (χ0n) is 12.9. The summed E-state index contributed by atoms with van der Waals surface area (Å²) in [6, 6.07) is 12.0. The van der Waals surface area contributed by atoms with Crippen molar-refractivity contribution in [1.82, 2.24) is 5.32 Å². The highest BCUT2D eigenvalue weighted by Gasteiger charge is 2.13. The Morgan fingerprint density at radius 2 is 2.00 bits per heavy atom. The van der Waals surface area contributed by atoms with Crippen LogP contribution in [0.25, 0.3) is 0 Å². The minimum atomic E-state index is -0.438. The average molecular weight is 349 g/mol. The molecule has 122 valence electrons. The van der Waals surface area contributed by atoms with Gasteiger partial charge in [0.25, 0.3) is 5.91 Å². The highest BCUT2D eigenvalue weighted by Crippen LogP contribution is 2.17. The molecule has 1 aromatic heterocycles. The van der Waals surface area contributed by atoms with E-state index >= 15 is 0 Å². The number of carbonyl (C=O) groups excluding carboxylic acids is 2. The molecule has 0 aliphatic rings. The largest absolute Gasteiger partial charge is 0.451 e. The third-order valence-electron chi connectivity index (χ3n) is 3.04. The van der Waals surface area contributed by atoms with Crippen LogP contribution in [0.4, 0.5) is 0 Å². The molecule has 0 unspecified atom stereocenters. The Kier molecular flexibility index (Phi) is 7.16. The van der Waals surface area contributed by atoms with Gasteiger partial charge >= 0.3 is 5.97 Å². The molecular formula is C17H19NO3S2. The maximum absolute atomic E-state index is 11.8. The summed E-state index contributed by atoms with van der Waals surface area (Å²) in [4.78, 5) is 25.2. The van der Waals surface area contributed by atoms with Gasteiger partial charge in [0.05, 0.1) is 0 Å². The third-order valence-corrected chi connectivity index (χ3v) is 5.13. The van der Waals surface area contributed by atoms with E-state index in [2.05, 4.69) is 17.4 Å². The van der Waals surface area contributed by atoms with E-state index in [1.54, 1.807) is 11.8 Å². The second-order valence-electron chi connectivity index (χ2n) is 4.87. The number of hydrogen-bond donors (Lipinski definition) is 1. The molecule has 0 bridgehead atoms. The van der Waals surface area contributed by atoms with E-state index in [4.69, 9.17) is 4.74 Å². The van der Waals surface area contributed by atoms with Crippen molar-refractivity contribution in [2.45, 2.75) is 18.2 Å². The number of rotatable bonds is 8. The maximum atomic E-state index is 11.8. The summed E-state index contributed by atoms with van der Waals surface area (Å²) in [7, 11) is 0. The number of thiophene rings is 1. The lowest BCUT2D eigenvalue weighted by Crippen LogP contribution is -2.29. The van der Waals surface area contributed by atoms with Gasteiger partial charge < -0.3 is 10.1 Å². The number of amides is 1. The Hall–Kier alpha value is -1.79. The monoisotopic (exact) mass is 349 g/mol. The first-order chi connectivity index (χ1) is 11.2. The van der Waals surface area contributed by atoms with Crippen LogP contribution in [-0.2, 0) is 9.53 Å². The summed E-state index contributed by atoms with van der Waals surface area (Å²) in [5, 5.41) is 4.59. The molecule has 4 nitrogen and oxygen atoms in total. The minimum absolute atomic E-state index is 0.234. The molecule has 0 radical (unpaired) electrons. The number of benzene rings is 1. The molecule has 0 saturated heterocycles. The first kappa shape index (κ1) is 17.6. The van der Waals surface area contributed by atoms with Crippen LogP contribution in [0, 0.1) is 6.92 Å². The summed E-state index contributed by atoms with van der Waals surface area (Å²) < 4.78 is 5.01. The van der Waals surface area contributed by atoms with Crippen molar-refractivity contribution < 1.29 is 14.3 Å². The fourth-order valence-corrected chi connectivity index (χ4v) is 3.53. The molecule has 0 spiro atoms. The molecule has 0 atom stereocenters. The van der Waals surface area contributed by atoms with Crippen molar-refractivity contribution in [3.63, 3.8) is 0 Å². The molecule has 0 fully saturated rings. The normalized spacial score (nSPS) is 10.3. The molecule has 0 aliphatic heterocycles. The van der Waals surface area contributed by atoms with Crippen LogP contribution in [0.15, 0.2) is 46.7 Å². The van der Waals surface area contributed by atoms with E-state index in [-0.39, 0.29) is 12.5 Å². The van der Waals surface area contributed by atoms with Gasteiger partial charge in [-0.3, -0.25) is 4.79 Å². The van der Waals surface area contributed by atoms with E-state index in [1.807, 2.05) is 36.6 Å². The van der Waals surface area contributed by atoms with Crippen LogP contribution in [0.3, 0.4) is 0 Å². The number of hydrogen-bond acceptors (Lipinski definition) is 5. The van der Waals surface area contributed by atoms with Crippen molar-refractivity contribution in [2.24, 2.45) is 0 Å². The molecule has 2 aromatic rings. The van der Waals surface area contributed by atoms with E-state index in [0.29, 0.717) is 11.4 Å². The van der Waals surface area contributed by atoms with Crippen molar-refractivity contribution in [1.29, 1.82) is 0 Å². The number of thioether (sulfide) groups is 1. The Morgan fingerprint density at radius 1 is 1.22 bits per heavy atom. The summed E-state index contributed by atoms with van der Waals surface area (Å²) in [5.41, 5.74) is 0.873. The van der Waals surface area contributed by atoms with Gasteiger partial charge in [0.2, 0.25) is 0 Å². The molecule has 1 aromatic carbocycles. The van der Waals surface area contributed by atoms with Crippen LogP contribution < -0.4 is 5.32 Å². The number of ether oxygens (including phenoxy) is 1. The summed E-state index contributed by atoms with van der Waals surface area (Å²) in [6.07, 6.45) is 0.864. The van der Waals surface area contributed by atoms with Gasteiger partial charge in [-0.2, -0.15) is 0 Å². The lowest BCUT2D eigenvalue weighted by molar-refractivity contribution is -0.124. The molecule has 1 N–H and O–H groups in total. The van der Waals surface area contributed by atoms with Gasteiger partial charge in [-0.15, -0.1) is 23.1 Å². The van der Waals surface area contributed by atoms with Crippen LogP contribution in [0.1, 0.15) is 21.7 Å². The van der Waals surface area contributed by atoms with Crippen LogP contribution in [0.5, 0.6) is 0 Å². The average Bonchev–Trinajstić information content (AvgIpc) is 2.99. The molecule has 2 rings (SSSR count). The first-order valence-electron chi connectivity index (χ1n) is 7.32. The molecule has 1 amide bonds. The third kappa shape index (κ3) is 6.08. The molecule has 6 heteroatoms. The Labute approximate surface area is 144 Å². The smallest absolute Gasteiger partial charge is 0.349 e. The standard InChI is InChI=1S/C17H19NO3S2/c1-13-8-11-23-16(13)17(20)21-12-15(19)18-9-5-10-22-14-6-3-2-4-7-14/h2-4,6-8,11H,5,9-10,12H2,1H3,(H,18,19). The SMILES string of the molecule is Cc1ccsc1C(=O)OCC(=O)NCCCSc1ccccc1. The molecule has 23 heavy (non-hydrogen) atoms. The zero-order chi connectivity index (χ0) is 16.5. The van der Waals surface area contributed by atoms with E-state index in [1.165, 1.54) is 16.2 Å². The van der Waals surface area contributed by atoms with Crippen LogP contribution in [-0.4, -0.2) is 30.8 Å². The Balaban J connectivity index is 1.57. The number of nitrogens with one attached hydrogen (secondary N) is 1. The van der Waals surface area contributed by atoms with E-state index in [9.17, 15) is 9.59 Å². The van der Waals surface area contributed by atoms with Crippen molar-refractivity contribution >= 4 is 35.0 Å². The quantitative estimate of drug-likeness (QED) is 0.450. The van der Waals surface area contributed by atoms with Gasteiger partial charge in [0.15, 0.2) is 6.61 Å². The van der Waals surface area contributed by atoms with Gasteiger partial charge in [-0.25, -0.2) is 4.79 Å². The van der Waals surface area contributed by atoms with Crippen LogP contribution in [0.2, 0.25) is 0 Å². The molecule has 1 heterocycles. The number of carbonyl (C=O) groups is 2.